The van der Waals surface area contributed by atoms with E-state index in [4.69, 9.17) is 4.74 Å². The van der Waals surface area contributed by atoms with E-state index in [9.17, 15) is 9.59 Å². The van der Waals surface area contributed by atoms with Gasteiger partial charge in [-0.05, 0) is 39.0 Å². The lowest BCUT2D eigenvalue weighted by molar-refractivity contribution is -0.128. The average Bonchev–Trinajstić information content (AvgIpc) is 2.44. The number of allylic oxidation sites excluding steroid dienone is 1. The second-order valence-electron chi connectivity index (χ2n) is 6.72. The highest BCUT2D eigenvalue weighted by Crippen LogP contribution is 2.27. The molecule has 0 aromatic carbocycles. The molecule has 0 fully saturated rings. The molecule has 0 aromatic rings. The molecule has 1 atom stereocenters. The van der Waals surface area contributed by atoms with Gasteiger partial charge in [-0.2, -0.15) is 0 Å². The Labute approximate surface area is 129 Å². The smallest absolute Gasteiger partial charge is 0.138 e. The van der Waals surface area contributed by atoms with Crippen LogP contribution in [0.25, 0.3) is 0 Å². The molecule has 0 spiro atoms. The van der Waals surface area contributed by atoms with Gasteiger partial charge in [-0.25, -0.2) is 0 Å². The summed E-state index contributed by atoms with van der Waals surface area (Å²) in [5.41, 5.74) is -0.396. The Bertz CT molecular complexity index is 369. The van der Waals surface area contributed by atoms with Gasteiger partial charge < -0.3 is 4.74 Å². The zero-order valence-corrected chi connectivity index (χ0v) is 13.8. The van der Waals surface area contributed by atoms with Gasteiger partial charge in [0.1, 0.15) is 11.6 Å². The number of hydrogen-bond acceptors (Lipinski definition) is 3. The van der Waals surface area contributed by atoms with E-state index < -0.39 is 5.41 Å². The van der Waals surface area contributed by atoms with E-state index in [0.717, 1.165) is 25.7 Å². The molecule has 1 heterocycles. The molecule has 1 aliphatic rings. The average molecular weight is 294 g/mol. The van der Waals surface area contributed by atoms with Crippen LogP contribution in [0.1, 0.15) is 72.1 Å². The third-order valence-corrected chi connectivity index (χ3v) is 4.24. The van der Waals surface area contributed by atoms with Gasteiger partial charge in [-0.15, -0.1) is 0 Å². The summed E-state index contributed by atoms with van der Waals surface area (Å²) in [7, 11) is 0. The minimum Gasteiger partial charge on any atom is -0.378 e. The minimum absolute atomic E-state index is 0.118. The van der Waals surface area contributed by atoms with Crippen LogP contribution in [-0.2, 0) is 14.3 Å². The SMILES string of the molecule is CC1CCC(=O)C(C)(C)CCC(=O)CCCC=CCCO1. The highest BCUT2D eigenvalue weighted by atomic mass is 16.5. The van der Waals surface area contributed by atoms with Crippen LogP contribution < -0.4 is 0 Å². The lowest BCUT2D eigenvalue weighted by atomic mass is 9.80. The highest BCUT2D eigenvalue weighted by molar-refractivity contribution is 5.85. The van der Waals surface area contributed by atoms with Gasteiger partial charge in [-0.1, -0.05) is 26.0 Å². The van der Waals surface area contributed by atoms with E-state index in [1.54, 1.807) is 0 Å². The van der Waals surface area contributed by atoms with Gasteiger partial charge in [0, 0.05) is 24.7 Å². The van der Waals surface area contributed by atoms with Crippen molar-refractivity contribution in [1.82, 2.24) is 0 Å². The number of rotatable bonds is 0. The maximum atomic E-state index is 12.3. The Balaban J connectivity index is 2.59. The summed E-state index contributed by atoms with van der Waals surface area (Å²) >= 11 is 0. The molecule has 0 N–H and O–H groups in total. The normalized spacial score (nSPS) is 26.7. The van der Waals surface area contributed by atoms with Gasteiger partial charge in [0.05, 0.1) is 12.7 Å². The summed E-state index contributed by atoms with van der Waals surface area (Å²) in [5.74, 6) is 0.533. The molecule has 0 saturated carbocycles. The molecule has 0 saturated heterocycles. The summed E-state index contributed by atoms with van der Waals surface area (Å²) in [6.07, 6.45) is 10.2. The van der Waals surface area contributed by atoms with E-state index in [-0.39, 0.29) is 17.7 Å². The van der Waals surface area contributed by atoms with Crippen molar-refractivity contribution in [3.05, 3.63) is 12.2 Å². The Morgan fingerprint density at radius 3 is 2.57 bits per heavy atom. The van der Waals surface area contributed by atoms with Crippen LogP contribution >= 0.6 is 0 Å². The van der Waals surface area contributed by atoms with Crippen LogP contribution in [0, 0.1) is 5.41 Å². The largest absolute Gasteiger partial charge is 0.378 e. The third kappa shape index (κ3) is 7.56. The maximum Gasteiger partial charge on any atom is 0.138 e. The molecule has 21 heavy (non-hydrogen) atoms. The van der Waals surface area contributed by atoms with E-state index in [2.05, 4.69) is 12.2 Å². The summed E-state index contributed by atoms with van der Waals surface area (Å²) in [4.78, 5) is 24.2. The van der Waals surface area contributed by atoms with Gasteiger partial charge in [-0.3, -0.25) is 9.59 Å². The highest BCUT2D eigenvalue weighted by Gasteiger charge is 2.27. The number of carbonyl (C=O) groups is 2. The fraction of sp³-hybridized carbons (Fsp3) is 0.778. The Morgan fingerprint density at radius 2 is 1.81 bits per heavy atom. The Morgan fingerprint density at radius 1 is 1.10 bits per heavy atom. The lowest BCUT2D eigenvalue weighted by Crippen LogP contribution is -2.26. The van der Waals surface area contributed by atoms with Crippen LogP contribution in [0.15, 0.2) is 12.2 Å². The van der Waals surface area contributed by atoms with E-state index in [0.29, 0.717) is 32.3 Å². The molecule has 120 valence electrons. The molecule has 0 radical (unpaired) electrons. The van der Waals surface area contributed by atoms with Crippen LogP contribution in [0.5, 0.6) is 0 Å². The second-order valence-corrected chi connectivity index (χ2v) is 6.72. The standard InChI is InChI=1S/C18H30O3/c1-15-10-11-17(20)18(2,3)13-12-16(19)9-7-5-4-6-8-14-21-15/h4,6,15H,5,7-14H2,1-3H3. The third-order valence-electron chi connectivity index (χ3n) is 4.24. The topological polar surface area (TPSA) is 43.4 Å². The van der Waals surface area contributed by atoms with Crippen LogP contribution in [0.4, 0.5) is 0 Å². The molecule has 1 unspecified atom stereocenters. The van der Waals surface area contributed by atoms with Crippen molar-refractivity contribution in [3.8, 4) is 0 Å². The lowest BCUT2D eigenvalue weighted by Gasteiger charge is -2.23. The van der Waals surface area contributed by atoms with Gasteiger partial charge >= 0.3 is 0 Å². The van der Waals surface area contributed by atoms with Gasteiger partial charge in [0.25, 0.3) is 0 Å². The molecule has 3 heteroatoms. The van der Waals surface area contributed by atoms with E-state index in [1.807, 2.05) is 20.8 Å². The van der Waals surface area contributed by atoms with Crippen LogP contribution in [0.3, 0.4) is 0 Å². The predicted octanol–water partition coefficient (Wildman–Crippen LogP) is 4.25. The van der Waals surface area contributed by atoms with E-state index in [1.165, 1.54) is 0 Å². The maximum absolute atomic E-state index is 12.3. The van der Waals surface area contributed by atoms with Gasteiger partial charge in [0.15, 0.2) is 0 Å². The van der Waals surface area contributed by atoms with Gasteiger partial charge in [0.2, 0.25) is 0 Å². The molecule has 1 rings (SSSR count). The van der Waals surface area contributed by atoms with Crippen LogP contribution in [0.2, 0.25) is 0 Å². The molecule has 0 aromatic heterocycles. The van der Waals surface area contributed by atoms with Crippen molar-refractivity contribution in [3.63, 3.8) is 0 Å². The fourth-order valence-corrected chi connectivity index (χ4v) is 2.46. The molecule has 3 nitrogen and oxygen atoms in total. The van der Waals surface area contributed by atoms with Crippen molar-refractivity contribution >= 4 is 11.6 Å². The molecular formula is C18H30O3. The molecule has 0 amide bonds. The number of hydrogen-bond donors (Lipinski definition) is 0. The summed E-state index contributed by atoms with van der Waals surface area (Å²) in [6, 6.07) is 0. The predicted molar refractivity (Wildman–Crippen MR) is 85.3 cm³/mol. The zero-order chi connectivity index (χ0) is 15.7. The van der Waals surface area contributed by atoms with E-state index >= 15 is 0 Å². The zero-order valence-electron chi connectivity index (χ0n) is 13.8. The van der Waals surface area contributed by atoms with Crippen molar-refractivity contribution < 1.29 is 14.3 Å². The van der Waals surface area contributed by atoms with Crippen molar-refractivity contribution in [2.45, 2.75) is 78.2 Å². The quantitative estimate of drug-likeness (QED) is 0.627. The number of carbonyl (C=O) groups excluding carboxylic acids is 2. The summed E-state index contributed by atoms with van der Waals surface area (Å²) < 4.78 is 5.72. The minimum atomic E-state index is -0.396. The second kappa shape index (κ2) is 9.14. The van der Waals surface area contributed by atoms with Crippen molar-refractivity contribution in [2.24, 2.45) is 5.41 Å². The fourth-order valence-electron chi connectivity index (χ4n) is 2.46. The first kappa shape index (κ1) is 18.1. The first-order valence-corrected chi connectivity index (χ1v) is 8.23. The molecule has 0 aliphatic carbocycles. The summed E-state index contributed by atoms with van der Waals surface area (Å²) in [6.45, 7) is 6.64. The molecule has 1 aliphatic heterocycles. The number of Topliss-reactive ketones (excluding diaryl/α,β-unsaturated/α-hetero) is 2. The Hall–Kier alpha value is -0.960. The first-order chi connectivity index (χ1) is 9.92. The molecule has 0 bridgehead atoms. The van der Waals surface area contributed by atoms with Crippen LogP contribution in [-0.4, -0.2) is 24.3 Å². The Kier molecular flexibility index (Phi) is 7.87. The number of ether oxygens (including phenoxy) is 1. The van der Waals surface area contributed by atoms with Crippen molar-refractivity contribution in [1.29, 1.82) is 0 Å². The van der Waals surface area contributed by atoms with Crippen molar-refractivity contribution in [2.75, 3.05) is 6.61 Å². The first-order valence-electron chi connectivity index (χ1n) is 8.23. The summed E-state index contributed by atoms with van der Waals surface area (Å²) in [5, 5.41) is 0. The molecular weight excluding hydrogens is 264 g/mol. The number of ketones is 2. The monoisotopic (exact) mass is 294 g/mol.